The molecular formula is C26H25F3N6O6S. The van der Waals surface area contributed by atoms with E-state index in [0.29, 0.717) is 23.2 Å². The number of alkyl halides is 3. The third-order valence-electron chi connectivity index (χ3n) is 6.58. The Balaban J connectivity index is 1.55. The fraction of sp³-hybridized carbons (Fsp3) is 0.346. The van der Waals surface area contributed by atoms with Crippen LogP contribution < -0.4 is 20.1 Å². The van der Waals surface area contributed by atoms with Crippen LogP contribution >= 0.6 is 0 Å². The van der Waals surface area contributed by atoms with Gasteiger partial charge in [0.2, 0.25) is 5.91 Å². The van der Waals surface area contributed by atoms with E-state index in [-0.39, 0.29) is 41.7 Å². The minimum atomic E-state index is -4.52. The average molecular weight is 607 g/mol. The molecule has 0 bridgehead atoms. The predicted molar refractivity (Wildman–Crippen MR) is 144 cm³/mol. The van der Waals surface area contributed by atoms with Crippen molar-refractivity contribution < 1.29 is 40.7 Å². The first-order valence-electron chi connectivity index (χ1n) is 12.5. The summed E-state index contributed by atoms with van der Waals surface area (Å²) in [6, 6.07) is 7.54. The van der Waals surface area contributed by atoms with Crippen LogP contribution in [0, 0.1) is 0 Å². The Kier molecular flexibility index (Phi) is 7.42. The molecule has 4 heterocycles. The third kappa shape index (κ3) is 6.07. The number of hydrogen-bond acceptors (Lipinski definition) is 9. The van der Waals surface area contributed by atoms with Gasteiger partial charge < -0.3 is 20.1 Å². The molecule has 0 unspecified atom stereocenters. The molecule has 1 atom stereocenters. The molecule has 222 valence electrons. The van der Waals surface area contributed by atoms with E-state index in [1.54, 1.807) is 25.4 Å². The van der Waals surface area contributed by atoms with Crippen molar-refractivity contribution in [3.63, 3.8) is 0 Å². The lowest BCUT2D eigenvalue weighted by Gasteiger charge is -2.41. The number of ether oxygens (including phenoxy) is 2. The van der Waals surface area contributed by atoms with Gasteiger partial charge in [0, 0.05) is 55.7 Å². The molecule has 0 aliphatic carbocycles. The van der Waals surface area contributed by atoms with Crippen LogP contribution in [0.5, 0.6) is 11.5 Å². The second-order valence-electron chi connectivity index (χ2n) is 9.91. The number of nitrogens with zero attached hydrogens (tertiary/aromatic N) is 4. The van der Waals surface area contributed by atoms with Gasteiger partial charge in [0.1, 0.15) is 22.8 Å². The monoisotopic (exact) mass is 606 g/mol. The fourth-order valence-electron chi connectivity index (χ4n) is 4.93. The summed E-state index contributed by atoms with van der Waals surface area (Å²) in [5.41, 5.74) is 0.504. The molecule has 2 N–H and O–H groups in total. The molecule has 5 rings (SSSR count). The number of anilines is 1. The summed E-state index contributed by atoms with van der Waals surface area (Å²) < 4.78 is 73.2. The highest BCUT2D eigenvalue weighted by molar-refractivity contribution is 7.91. The molecule has 1 aromatic carbocycles. The Morgan fingerprint density at radius 2 is 2.10 bits per heavy atom. The summed E-state index contributed by atoms with van der Waals surface area (Å²) in [5.74, 6) is -1.90. The largest absolute Gasteiger partial charge is 0.493 e. The van der Waals surface area contributed by atoms with Gasteiger partial charge in [0.25, 0.3) is 5.91 Å². The quantitative estimate of drug-likeness (QED) is 0.388. The van der Waals surface area contributed by atoms with Crippen molar-refractivity contribution in [3.05, 3.63) is 58.9 Å². The maximum Gasteiger partial charge on any atom is 0.422 e. The number of amides is 2. The SMILES string of the molecule is CN=Cc1ccc(-n2nc3c(c2NC(=O)CS(C)(=O)=O)C(=O)N[C@]2(CCOc4cc(OCC(F)(F)F)ccc42)C3)nc1. The molecule has 2 aliphatic rings. The number of fused-ring (bicyclic) bond motifs is 3. The van der Waals surface area contributed by atoms with E-state index in [2.05, 4.69) is 25.7 Å². The van der Waals surface area contributed by atoms with Gasteiger partial charge in [-0.2, -0.15) is 23.0 Å². The van der Waals surface area contributed by atoms with Gasteiger partial charge in [-0.1, -0.05) is 0 Å². The first kappa shape index (κ1) is 29.0. The van der Waals surface area contributed by atoms with Crippen molar-refractivity contribution in [2.24, 2.45) is 4.99 Å². The number of sulfone groups is 1. The molecule has 2 aromatic heterocycles. The molecule has 12 nitrogen and oxygen atoms in total. The number of halogens is 3. The molecule has 16 heteroatoms. The Morgan fingerprint density at radius 1 is 1.31 bits per heavy atom. The van der Waals surface area contributed by atoms with Crippen LogP contribution in [-0.2, 0) is 26.6 Å². The van der Waals surface area contributed by atoms with E-state index in [9.17, 15) is 31.2 Å². The number of benzene rings is 1. The first-order valence-corrected chi connectivity index (χ1v) is 14.6. The van der Waals surface area contributed by atoms with E-state index >= 15 is 0 Å². The number of hydrogen-bond donors (Lipinski definition) is 2. The summed E-state index contributed by atoms with van der Waals surface area (Å²) in [7, 11) is -2.08. The zero-order valence-electron chi connectivity index (χ0n) is 22.4. The smallest absolute Gasteiger partial charge is 0.422 e. The van der Waals surface area contributed by atoms with Crippen LogP contribution in [0.1, 0.15) is 33.6 Å². The zero-order valence-corrected chi connectivity index (χ0v) is 23.2. The van der Waals surface area contributed by atoms with E-state index in [1.807, 2.05) is 0 Å². The van der Waals surface area contributed by atoms with Crippen LogP contribution in [0.15, 0.2) is 41.5 Å². The van der Waals surface area contributed by atoms with Crippen molar-refractivity contribution in [2.75, 3.05) is 37.6 Å². The maximum absolute atomic E-state index is 13.7. The number of nitrogens with one attached hydrogen (secondary N) is 2. The molecule has 1 spiro atoms. The maximum atomic E-state index is 13.7. The summed E-state index contributed by atoms with van der Waals surface area (Å²) in [6.07, 6.45) is -0.0558. The molecule has 0 saturated carbocycles. The number of aromatic nitrogens is 3. The Bertz CT molecular complexity index is 1690. The van der Waals surface area contributed by atoms with Crippen molar-refractivity contribution in [3.8, 4) is 17.3 Å². The van der Waals surface area contributed by atoms with Crippen LogP contribution in [0.3, 0.4) is 0 Å². The van der Waals surface area contributed by atoms with Crippen molar-refractivity contribution in [1.82, 2.24) is 20.1 Å². The fourth-order valence-corrected chi connectivity index (χ4v) is 5.48. The number of carbonyl (C=O) groups is 2. The Morgan fingerprint density at radius 3 is 2.76 bits per heavy atom. The molecule has 2 amide bonds. The normalized spacial score (nSPS) is 18.3. The lowest BCUT2D eigenvalue weighted by molar-refractivity contribution is -0.153. The van der Waals surface area contributed by atoms with E-state index in [0.717, 1.165) is 6.26 Å². The summed E-state index contributed by atoms with van der Waals surface area (Å²) in [6.45, 7) is -1.32. The highest BCUT2D eigenvalue weighted by Crippen LogP contribution is 2.44. The van der Waals surface area contributed by atoms with Crippen LogP contribution in [-0.4, -0.2) is 79.7 Å². The van der Waals surface area contributed by atoms with Crippen molar-refractivity contribution in [1.29, 1.82) is 0 Å². The topological polar surface area (TPSA) is 154 Å². The molecular weight excluding hydrogens is 581 g/mol. The highest BCUT2D eigenvalue weighted by Gasteiger charge is 2.46. The van der Waals surface area contributed by atoms with Crippen LogP contribution in [0.2, 0.25) is 0 Å². The van der Waals surface area contributed by atoms with Crippen molar-refractivity contribution >= 4 is 33.7 Å². The average Bonchev–Trinajstić information content (AvgIpc) is 3.24. The second-order valence-corrected chi connectivity index (χ2v) is 12.1. The van der Waals surface area contributed by atoms with Gasteiger partial charge in [-0.15, -0.1) is 0 Å². The lowest BCUT2D eigenvalue weighted by Crippen LogP contribution is -2.53. The summed E-state index contributed by atoms with van der Waals surface area (Å²) in [5, 5.41) is 10.1. The number of carbonyl (C=O) groups excluding carboxylic acids is 2. The van der Waals surface area contributed by atoms with Gasteiger partial charge >= 0.3 is 6.18 Å². The van der Waals surface area contributed by atoms with E-state index in [1.165, 1.54) is 29.1 Å². The van der Waals surface area contributed by atoms with E-state index < -0.39 is 45.7 Å². The Labute approximate surface area is 237 Å². The van der Waals surface area contributed by atoms with Crippen LogP contribution in [0.25, 0.3) is 5.82 Å². The van der Waals surface area contributed by atoms with Crippen molar-refractivity contribution in [2.45, 2.75) is 24.6 Å². The summed E-state index contributed by atoms with van der Waals surface area (Å²) in [4.78, 5) is 34.6. The van der Waals surface area contributed by atoms with Gasteiger partial charge in [-0.3, -0.25) is 14.6 Å². The molecule has 2 aliphatic heterocycles. The number of aliphatic imine (C=N–C) groups is 1. The molecule has 0 fully saturated rings. The lowest BCUT2D eigenvalue weighted by atomic mass is 9.77. The van der Waals surface area contributed by atoms with Gasteiger partial charge in [-0.25, -0.2) is 13.4 Å². The van der Waals surface area contributed by atoms with E-state index in [4.69, 9.17) is 9.47 Å². The number of pyridine rings is 1. The third-order valence-corrected chi connectivity index (χ3v) is 7.37. The zero-order chi connectivity index (χ0) is 30.3. The minimum absolute atomic E-state index is 0.0293. The van der Waals surface area contributed by atoms with Gasteiger partial charge in [0.15, 0.2) is 28.1 Å². The van der Waals surface area contributed by atoms with Crippen LogP contribution in [0.4, 0.5) is 19.0 Å². The van der Waals surface area contributed by atoms with Gasteiger partial charge in [0.05, 0.1) is 17.8 Å². The highest BCUT2D eigenvalue weighted by atomic mass is 32.2. The standard InChI is InChI=1S/C26H25F3N6O6S/c1-30-11-15-3-6-20(31-12-15)35-23(32-21(36)13-42(2,38)39)22-18(34-35)10-25(33-24(22)37)7-8-40-19-9-16(4-5-17(19)25)41-14-26(27,28)29/h3-6,9,11-12H,7-8,10,13-14H2,1-2H3,(H,32,36)(H,33,37)/t25-/m1/s1. The molecule has 42 heavy (non-hydrogen) atoms. The molecule has 0 saturated heterocycles. The molecule has 3 aromatic rings. The minimum Gasteiger partial charge on any atom is -0.493 e. The number of rotatable bonds is 7. The first-order chi connectivity index (χ1) is 19.8. The van der Waals surface area contributed by atoms with Gasteiger partial charge in [-0.05, 0) is 24.3 Å². The molecule has 0 radical (unpaired) electrons. The second kappa shape index (κ2) is 10.7. The predicted octanol–water partition coefficient (Wildman–Crippen LogP) is 2.20. The Hall–Kier alpha value is -4.47. The summed E-state index contributed by atoms with van der Waals surface area (Å²) >= 11 is 0.